The minimum absolute atomic E-state index is 0.0606. The normalized spacial score (nSPS) is 23.7. The number of nitrogens with zero attached hydrogens (tertiary/aromatic N) is 1. The lowest BCUT2D eigenvalue weighted by Gasteiger charge is -2.43. The lowest BCUT2D eigenvalue weighted by Crippen LogP contribution is -2.71. The fourth-order valence-corrected chi connectivity index (χ4v) is 5.48. The standard InChI is InChI=1S/C16H19N3O5S.C6H14N2O2/c1-16(2)11(15(23)24)19-13(22)10(14(19)25-16)18-12(21)9(17)7-3-5-8(20)6-4-7;7-4-2-1-3-5(8)6(9)10/h3-6,9-11,14,20H,17H2,1-2H3,(H,18,21)(H,23,24);5H,1-4,7-8H2,(H,9,10)/t9-,10-,11+,14-;/m1./s1. The Hall–Kier alpha value is -2.87. The smallest absolute Gasteiger partial charge is 0.327 e. The lowest BCUT2D eigenvalue weighted by molar-refractivity contribution is -0.161. The number of nitrogens with two attached hydrogens (primary N) is 3. The van der Waals surface area contributed by atoms with E-state index in [1.54, 1.807) is 13.8 Å². The largest absolute Gasteiger partial charge is 0.508 e. The van der Waals surface area contributed by atoms with E-state index in [4.69, 9.17) is 22.3 Å². The number of aromatic hydroxyl groups is 1. The molecule has 10 N–H and O–H groups in total. The Kier molecular flexibility index (Phi) is 9.49. The Morgan fingerprint density at radius 3 is 2.26 bits per heavy atom. The average Bonchev–Trinajstić information content (AvgIpc) is 3.05. The molecule has 3 rings (SSSR count). The third kappa shape index (κ3) is 6.63. The number of rotatable bonds is 9. The van der Waals surface area contributed by atoms with Crippen LogP contribution in [-0.2, 0) is 19.2 Å². The van der Waals surface area contributed by atoms with Crippen molar-refractivity contribution in [2.45, 2.75) is 67.4 Å². The van der Waals surface area contributed by atoms with Crippen molar-refractivity contribution in [3.63, 3.8) is 0 Å². The number of fused-ring (bicyclic) bond motifs is 1. The predicted molar refractivity (Wildman–Crippen MR) is 129 cm³/mol. The van der Waals surface area contributed by atoms with Crippen LogP contribution in [0.4, 0.5) is 0 Å². The minimum atomic E-state index is -1.06. The van der Waals surface area contributed by atoms with Gasteiger partial charge in [0.2, 0.25) is 11.8 Å². The quantitative estimate of drug-likeness (QED) is 0.166. The van der Waals surface area contributed by atoms with Crippen LogP contribution in [-0.4, -0.2) is 78.8 Å². The maximum absolute atomic E-state index is 12.3. The zero-order valence-electron chi connectivity index (χ0n) is 19.6. The number of aliphatic carboxylic acids is 2. The highest BCUT2D eigenvalue weighted by Crippen LogP contribution is 2.50. The topological polar surface area (TPSA) is 222 Å². The zero-order chi connectivity index (χ0) is 26.5. The Morgan fingerprint density at radius 1 is 1.14 bits per heavy atom. The van der Waals surface area contributed by atoms with E-state index in [0.717, 1.165) is 12.8 Å². The second-order valence-corrected chi connectivity index (χ2v) is 10.7. The van der Waals surface area contributed by atoms with E-state index in [2.05, 4.69) is 5.32 Å². The number of phenols is 1. The number of unbranched alkanes of at least 4 members (excludes halogenated alkanes) is 1. The van der Waals surface area contributed by atoms with E-state index in [9.17, 15) is 29.4 Å². The molecule has 2 amide bonds. The number of carbonyl (C=O) groups excluding carboxylic acids is 2. The number of nitrogens with one attached hydrogen (secondary N) is 1. The second-order valence-electron chi connectivity index (χ2n) is 8.88. The summed E-state index contributed by atoms with van der Waals surface area (Å²) in [5.74, 6) is -2.87. The number of hydrogen-bond acceptors (Lipinski definition) is 9. The van der Waals surface area contributed by atoms with Crippen molar-refractivity contribution in [3.8, 4) is 5.75 Å². The Morgan fingerprint density at radius 2 is 1.74 bits per heavy atom. The maximum Gasteiger partial charge on any atom is 0.327 e. The van der Waals surface area contributed by atoms with Crippen LogP contribution < -0.4 is 22.5 Å². The third-order valence-electron chi connectivity index (χ3n) is 5.79. The molecule has 13 heteroatoms. The van der Waals surface area contributed by atoms with Gasteiger partial charge in [0.1, 0.15) is 35.3 Å². The van der Waals surface area contributed by atoms with Crippen LogP contribution in [0.3, 0.4) is 0 Å². The molecule has 0 saturated carbocycles. The van der Waals surface area contributed by atoms with Gasteiger partial charge in [0.05, 0.1) is 0 Å². The van der Waals surface area contributed by atoms with Crippen LogP contribution in [0.25, 0.3) is 0 Å². The molecule has 0 bridgehead atoms. The minimum Gasteiger partial charge on any atom is -0.508 e. The Bertz CT molecular complexity index is 943. The summed E-state index contributed by atoms with van der Waals surface area (Å²) in [6.07, 6.45) is 2.16. The van der Waals surface area contributed by atoms with E-state index >= 15 is 0 Å². The van der Waals surface area contributed by atoms with Crippen molar-refractivity contribution < 1.29 is 34.5 Å². The summed E-state index contributed by atoms with van der Waals surface area (Å²) < 4.78 is -0.648. The highest BCUT2D eigenvalue weighted by Gasteiger charge is 2.64. The molecule has 2 aliphatic heterocycles. The molecule has 12 nitrogen and oxygen atoms in total. The van der Waals surface area contributed by atoms with Gasteiger partial charge >= 0.3 is 11.9 Å². The summed E-state index contributed by atoms with van der Waals surface area (Å²) in [6.45, 7) is 4.14. The molecule has 2 aliphatic rings. The number of hydrogen-bond donors (Lipinski definition) is 7. The third-order valence-corrected chi connectivity index (χ3v) is 7.37. The predicted octanol–water partition coefficient (Wildman–Crippen LogP) is -0.449. The van der Waals surface area contributed by atoms with E-state index in [1.807, 2.05) is 0 Å². The summed E-state index contributed by atoms with van der Waals surface area (Å²) in [7, 11) is 0. The van der Waals surface area contributed by atoms with Crippen LogP contribution in [0, 0.1) is 0 Å². The number of carboxylic acids is 2. The van der Waals surface area contributed by atoms with Crippen LogP contribution in [0.1, 0.15) is 44.7 Å². The number of benzene rings is 1. The van der Waals surface area contributed by atoms with Gasteiger partial charge in [0.15, 0.2) is 0 Å². The Balaban J connectivity index is 0.000000367. The number of amides is 2. The molecule has 1 aromatic carbocycles. The van der Waals surface area contributed by atoms with Gasteiger partial charge in [-0.05, 0) is 50.9 Å². The number of carbonyl (C=O) groups is 4. The van der Waals surface area contributed by atoms with E-state index in [1.165, 1.54) is 40.9 Å². The van der Waals surface area contributed by atoms with E-state index in [-0.39, 0.29) is 5.75 Å². The number of phenolic OH excluding ortho intramolecular Hbond substituents is 1. The van der Waals surface area contributed by atoms with Crippen molar-refractivity contribution in [2.75, 3.05) is 6.54 Å². The maximum atomic E-state index is 12.3. The molecule has 0 radical (unpaired) electrons. The molecule has 0 aromatic heterocycles. The van der Waals surface area contributed by atoms with Crippen LogP contribution in [0.2, 0.25) is 0 Å². The molecule has 2 fully saturated rings. The van der Waals surface area contributed by atoms with Gasteiger partial charge in [0.25, 0.3) is 0 Å². The van der Waals surface area contributed by atoms with Crippen LogP contribution >= 0.6 is 11.8 Å². The zero-order valence-corrected chi connectivity index (χ0v) is 20.4. The first-order chi connectivity index (χ1) is 16.3. The van der Waals surface area contributed by atoms with Gasteiger partial charge in [-0.2, -0.15) is 0 Å². The van der Waals surface area contributed by atoms with Gasteiger partial charge in [-0.3, -0.25) is 14.4 Å². The lowest BCUT2D eigenvalue weighted by atomic mass is 9.95. The summed E-state index contributed by atoms with van der Waals surface area (Å²) in [5.41, 5.74) is 16.8. The molecule has 1 aromatic rings. The molecule has 1 unspecified atom stereocenters. The monoisotopic (exact) mass is 511 g/mol. The van der Waals surface area contributed by atoms with Gasteiger partial charge in [-0.15, -0.1) is 11.8 Å². The number of thioether (sulfide) groups is 1. The van der Waals surface area contributed by atoms with Crippen molar-refractivity contribution in [3.05, 3.63) is 29.8 Å². The van der Waals surface area contributed by atoms with Crippen molar-refractivity contribution >= 4 is 35.5 Å². The first-order valence-corrected chi connectivity index (χ1v) is 12.0. The fraction of sp³-hybridized carbons (Fsp3) is 0.545. The molecule has 0 spiro atoms. The molecule has 194 valence electrons. The van der Waals surface area contributed by atoms with E-state index in [0.29, 0.717) is 18.5 Å². The average molecular weight is 512 g/mol. The fourth-order valence-electron chi connectivity index (χ4n) is 3.85. The van der Waals surface area contributed by atoms with Gasteiger partial charge in [-0.1, -0.05) is 18.6 Å². The van der Waals surface area contributed by atoms with Crippen molar-refractivity contribution in [1.29, 1.82) is 0 Å². The molecule has 35 heavy (non-hydrogen) atoms. The SMILES string of the molecule is CC1(C)S[C@@H]2[C@H](NC(=O)[C@H](N)c3ccc(O)cc3)C(=O)N2[C@H]1C(=O)O.NCCCCC(N)C(=O)O. The highest BCUT2D eigenvalue weighted by atomic mass is 32.2. The summed E-state index contributed by atoms with van der Waals surface area (Å²) in [6, 6.07) is 2.49. The molecular weight excluding hydrogens is 478 g/mol. The first-order valence-electron chi connectivity index (χ1n) is 11.1. The van der Waals surface area contributed by atoms with Gasteiger partial charge in [0, 0.05) is 4.75 Å². The number of β-lactam (4-membered cyclic amide) rings is 1. The molecular formula is C22H33N5O7S. The first kappa shape index (κ1) is 28.4. The molecule has 2 heterocycles. The summed E-state index contributed by atoms with van der Waals surface area (Å²) in [5, 5.41) is 29.2. The van der Waals surface area contributed by atoms with Gasteiger partial charge in [-0.25, -0.2) is 4.79 Å². The molecule has 0 aliphatic carbocycles. The molecule has 2 saturated heterocycles. The van der Waals surface area contributed by atoms with Crippen molar-refractivity contribution in [1.82, 2.24) is 10.2 Å². The summed E-state index contributed by atoms with van der Waals surface area (Å²) >= 11 is 1.35. The summed E-state index contributed by atoms with van der Waals surface area (Å²) in [4.78, 5) is 47.6. The van der Waals surface area contributed by atoms with Crippen molar-refractivity contribution in [2.24, 2.45) is 17.2 Å². The second kappa shape index (κ2) is 11.7. The van der Waals surface area contributed by atoms with Crippen LogP contribution in [0.5, 0.6) is 5.75 Å². The van der Waals surface area contributed by atoms with Crippen LogP contribution in [0.15, 0.2) is 24.3 Å². The van der Waals surface area contributed by atoms with E-state index < -0.39 is 58.0 Å². The number of carboxylic acid groups (broad SMARTS) is 2. The van der Waals surface area contributed by atoms with Gasteiger partial charge < -0.3 is 42.7 Å². The Labute approximate surface area is 207 Å². The highest BCUT2D eigenvalue weighted by molar-refractivity contribution is 8.01. The molecule has 5 atom stereocenters.